The predicted octanol–water partition coefficient (Wildman–Crippen LogP) is 2.16. The maximum absolute atomic E-state index is 10.8. The van der Waals surface area contributed by atoms with Gasteiger partial charge in [0, 0.05) is 39.3 Å². The SMILES string of the molecule is CC(C)CN1CCN(Cc2ccc(C(=O)O)cc2)CC1. The Labute approximate surface area is 121 Å². The number of hydrogen-bond donors (Lipinski definition) is 1. The lowest BCUT2D eigenvalue weighted by Gasteiger charge is -2.35. The third-order valence-electron chi connectivity index (χ3n) is 3.70. The van der Waals surface area contributed by atoms with Gasteiger partial charge < -0.3 is 10.0 Å². The molecule has 1 heterocycles. The van der Waals surface area contributed by atoms with Crippen molar-refractivity contribution in [3.63, 3.8) is 0 Å². The van der Waals surface area contributed by atoms with Crippen LogP contribution in [-0.2, 0) is 6.54 Å². The lowest BCUT2D eigenvalue weighted by Crippen LogP contribution is -2.46. The van der Waals surface area contributed by atoms with Gasteiger partial charge in [-0.15, -0.1) is 0 Å². The Morgan fingerprint density at radius 1 is 1.10 bits per heavy atom. The molecule has 1 aliphatic rings. The molecular weight excluding hydrogens is 252 g/mol. The third-order valence-corrected chi connectivity index (χ3v) is 3.70. The summed E-state index contributed by atoms with van der Waals surface area (Å²) in [6.45, 7) is 11.1. The Balaban J connectivity index is 1.81. The largest absolute Gasteiger partial charge is 0.478 e. The van der Waals surface area contributed by atoms with E-state index in [-0.39, 0.29) is 0 Å². The molecule has 1 aliphatic heterocycles. The lowest BCUT2D eigenvalue weighted by atomic mass is 10.1. The molecule has 0 spiro atoms. The fraction of sp³-hybridized carbons (Fsp3) is 0.562. The van der Waals surface area contributed by atoms with Gasteiger partial charge in [0.05, 0.1) is 5.56 Å². The van der Waals surface area contributed by atoms with Crippen LogP contribution in [0.2, 0.25) is 0 Å². The molecule has 4 nitrogen and oxygen atoms in total. The van der Waals surface area contributed by atoms with Crippen LogP contribution in [0.4, 0.5) is 0 Å². The molecule has 0 aliphatic carbocycles. The molecule has 0 saturated carbocycles. The van der Waals surface area contributed by atoms with Crippen molar-refractivity contribution in [1.29, 1.82) is 0 Å². The van der Waals surface area contributed by atoms with E-state index in [1.54, 1.807) is 12.1 Å². The first-order valence-corrected chi connectivity index (χ1v) is 7.31. The van der Waals surface area contributed by atoms with Crippen molar-refractivity contribution in [3.05, 3.63) is 35.4 Å². The molecule has 0 unspecified atom stereocenters. The number of piperazine rings is 1. The second-order valence-corrected chi connectivity index (χ2v) is 5.97. The summed E-state index contributed by atoms with van der Waals surface area (Å²) in [5.41, 5.74) is 1.54. The molecular formula is C16H24N2O2. The maximum atomic E-state index is 10.8. The molecule has 1 aromatic carbocycles. The summed E-state index contributed by atoms with van der Waals surface area (Å²) >= 11 is 0. The van der Waals surface area contributed by atoms with Gasteiger partial charge in [0.1, 0.15) is 0 Å². The average molecular weight is 276 g/mol. The molecule has 0 atom stereocenters. The van der Waals surface area contributed by atoms with E-state index in [0.29, 0.717) is 5.56 Å². The van der Waals surface area contributed by atoms with E-state index in [1.807, 2.05) is 12.1 Å². The minimum atomic E-state index is -0.862. The van der Waals surface area contributed by atoms with Crippen molar-refractivity contribution in [2.75, 3.05) is 32.7 Å². The topological polar surface area (TPSA) is 43.8 Å². The van der Waals surface area contributed by atoms with Crippen LogP contribution in [0.25, 0.3) is 0 Å². The van der Waals surface area contributed by atoms with E-state index >= 15 is 0 Å². The number of hydrogen-bond acceptors (Lipinski definition) is 3. The summed E-state index contributed by atoms with van der Waals surface area (Å²) in [7, 11) is 0. The Bertz CT molecular complexity index is 434. The van der Waals surface area contributed by atoms with E-state index in [9.17, 15) is 4.79 Å². The van der Waals surface area contributed by atoms with Gasteiger partial charge in [-0.05, 0) is 23.6 Å². The Hall–Kier alpha value is -1.39. The Morgan fingerprint density at radius 3 is 2.15 bits per heavy atom. The fourth-order valence-electron chi connectivity index (χ4n) is 2.66. The summed E-state index contributed by atoms with van der Waals surface area (Å²) in [5, 5.41) is 8.88. The monoisotopic (exact) mass is 276 g/mol. The van der Waals surface area contributed by atoms with Crippen LogP contribution in [0.3, 0.4) is 0 Å². The van der Waals surface area contributed by atoms with Gasteiger partial charge in [-0.1, -0.05) is 26.0 Å². The summed E-state index contributed by atoms with van der Waals surface area (Å²) in [6, 6.07) is 7.22. The van der Waals surface area contributed by atoms with Crippen molar-refractivity contribution in [2.45, 2.75) is 20.4 Å². The van der Waals surface area contributed by atoms with Gasteiger partial charge in [0.2, 0.25) is 0 Å². The number of aromatic carboxylic acids is 1. The second kappa shape index (κ2) is 6.86. The lowest BCUT2D eigenvalue weighted by molar-refractivity contribution is 0.0697. The molecule has 1 aromatic rings. The highest BCUT2D eigenvalue weighted by atomic mass is 16.4. The highest BCUT2D eigenvalue weighted by molar-refractivity contribution is 5.87. The smallest absolute Gasteiger partial charge is 0.335 e. The van der Waals surface area contributed by atoms with Gasteiger partial charge in [-0.2, -0.15) is 0 Å². The Morgan fingerprint density at radius 2 is 1.65 bits per heavy atom. The van der Waals surface area contributed by atoms with Crippen LogP contribution in [0.15, 0.2) is 24.3 Å². The predicted molar refractivity (Wildman–Crippen MR) is 80.0 cm³/mol. The summed E-state index contributed by atoms with van der Waals surface area (Å²) in [4.78, 5) is 15.8. The number of carboxylic acid groups (broad SMARTS) is 1. The molecule has 2 rings (SSSR count). The van der Waals surface area contributed by atoms with Crippen molar-refractivity contribution < 1.29 is 9.90 Å². The first kappa shape index (κ1) is 15.0. The van der Waals surface area contributed by atoms with Crippen LogP contribution in [0.5, 0.6) is 0 Å². The van der Waals surface area contributed by atoms with Crippen LogP contribution in [-0.4, -0.2) is 53.6 Å². The molecule has 0 amide bonds. The maximum Gasteiger partial charge on any atom is 0.335 e. The molecule has 0 bridgehead atoms. The third kappa shape index (κ3) is 4.32. The van der Waals surface area contributed by atoms with E-state index in [2.05, 4.69) is 23.6 Å². The first-order valence-electron chi connectivity index (χ1n) is 7.31. The van der Waals surface area contributed by atoms with Gasteiger partial charge in [0.25, 0.3) is 0 Å². The van der Waals surface area contributed by atoms with Gasteiger partial charge >= 0.3 is 5.97 Å². The minimum absolute atomic E-state index is 0.357. The van der Waals surface area contributed by atoms with Crippen molar-refractivity contribution >= 4 is 5.97 Å². The van der Waals surface area contributed by atoms with Crippen LogP contribution in [0.1, 0.15) is 29.8 Å². The standard InChI is InChI=1S/C16H24N2O2/c1-13(2)11-17-7-9-18(10-8-17)12-14-3-5-15(6-4-14)16(19)20/h3-6,13H,7-12H2,1-2H3,(H,19,20). The highest BCUT2D eigenvalue weighted by Gasteiger charge is 2.17. The average Bonchev–Trinajstić information content (AvgIpc) is 2.41. The van der Waals surface area contributed by atoms with E-state index in [1.165, 1.54) is 12.1 Å². The fourth-order valence-corrected chi connectivity index (χ4v) is 2.66. The molecule has 1 N–H and O–H groups in total. The van der Waals surface area contributed by atoms with Crippen LogP contribution in [0, 0.1) is 5.92 Å². The quantitative estimate of drug-likeness (QED) is 0.895. The van der Waals surface area contributed by atoms with Crippen molar-refractivity contribution in [2.24, 2.45) is 5.92 Å². The van der Waals surface area contributed by atoms with E-state index < -0.39 is 5.97 Å². The molecule has 110 valence electrons. The summed E-state index contributed by atoms with van der Waals surface area (Å²) < 4.78 is 0. The first-order chi connectivity index (χ1) is 9.54. The van der Waals surface area contributed by atoms with Crippen LogP contribution >= 0.6 is 0 Å². The molecule has 0 radical (unpaired) electrons. The molecule has 0 aromatic heterocycles. The molecule has 1 saturated heterocycles. The van der Waals surface area contributed by atoms with Gasteiger partial charge in [-0.3, -0.25) is 4.90 Å². The van der Waals surface area contributed by atoms with Crippen molar-refractivity contribution in [1.82, 2.24) is 9.80 Å². The number of benzene rings is 1. The molecule has 1 fully saturated rings. The van der Waals surface area contributed by atoms with E-state index in [0.717, 1.165) is 38.6 Å². The van der Waals surface area contributed by atoms with Crippen LogP contribution < -0.4 is 0 Å². The van der Waals surface area contributed by atoms with Crippen molar-refractivity contribution in [3.8, 4) is 0 Å². The zero-order valence-electron chi connectivity index (χ0n) is 12.4. The second-order valence-electron chi connectivity index (χ2n) is 5.97. The number of nitrogens with zero attached hydrogens (tertiary/aromatic N) is 2. The van der Waals surface area contributed by atoms with Gasteiger partial charge in [0.15, 0.2) is 0 Å². The highest BCUT2D eigenvalue weighted by Crippen LogP contribution is 2.11. The van der Waals surface area contributed by atoms with Gasteiger partial charge in [-0.25, -0.2) is 4.79 Å². The normalized spacial score (nSPS) is 17.6. The zero-order valence-corrected chi connectivity index (χ0v) is 12.4. The Kier molecular flexibility index (Phi) is 5.15. The van der Waals surface area contributed by atoms with E-state index in [4.69, 9.17) is 5.11 Å². The summed E-state index contributed by atoms with van der Waals surface area (Å²) in [6.07, 6.45) is 0. The number of carboxylic acids is 1. The zero-order chi connectivity index (χ0) is 14.5. The number of rotatable bonds is 5. The molecule has 4 heteroatoms. The molecule has 20 heavy (non-hydrogen) atoms. The minimum Gasteiger partial charge on any atom is -0.478 e. The summed E-state index contributed by atoms with van der Waals surface area (Å²) in [5.74, 6) is -0.135. The number of carbonyl (C=O) groups is 1.